The Bertz CT molecular complexity index is 495. The van der Waals surface area contributed by atoms with Gasteiger partial charge in [-0.15, -0.1) is 0 Å². The molecule has 1 aromatic rings. The number of amides is 1. The molecule has 3 N–H and O–H groups in total. The lowest BCUT2D eigenvalue weighted by Crippen LogP contribution is -2.49. The second-order valence-electron chi connectivity index (χ2n) is 7.78. The largest absolute Gasteiger partial charge is 0.354 e. The topological polar surface area (TPSA) is 58.4 Å². The Balaban J connectivity index is 1.68. The molecular formula is C19H31N3O. The Morgan fingerprint density at radius 1 is 1.35 bits per heavy atom. The normalized spacial score (nSPS) is 20.4. The van der Waals surface area contributed by atoms with Crippen molar-refractivity contribution in [3.8, 4) is 0 Å². The highest BCUT2D eigenvalue weighted by Gasteiger charge is 2.28. The van der Waals surface area contributed by atoms with Crippen LogP contribution in [0.3, 0.4) is 0 Å². The summed E-state index contributed by atoms with van der Waals surface area (Å²) in [6.07, 6.45) is 2.24. The maximum Gasteiger partial charge on any atom is 0.237 e. The van der Waals surface area contributed by atoms with Gasteiger partial charge in [-0.2, -0.15) is 0 Å². The van der Waals surface area contributed by atoms with Crippen molar-refractivity contribution in [2.24, 2.45) is 17.1 Å². The van der Waals surface area contributed by atoms with E-state index in [2.05, 4.69) is 40.5 Å². The van der Waals surface area contributed by atoms with Gasteiger partial charge in [0, 0.05) is 19.6 Å². The first-order valence-corrected chi connectivity index (χ1v) is 8.66. The Hall–Kier alpha value is -1.39. The number of rotatable bonds is 6. The Morgan fingerprint density at radius 2 is 2.04 bits per heavy atom. The molecule has 0 saturated carbocycles. The van der Waals surface area contributed by atoms with Crippen molar-refractivity contribution in [3.63, 3.8) is 0 Å². The fourth-order valence-electron chi connectivity index (χ4n) is 2.96. The van der Waals surface area contributed by atoms with Gasteiger partial charge in [0.2, 0.25) is 5.91 Å². The minimum atomic E-state index is -0.446. The van der Waals surface area contributed by atoms with Crippen molar-refractivity contribution in [2.45, 2.75) is 39.7 Å². The molecule has 1 aliphatic rings. The molecule has 0 aliphatic carbocycles. The van der Waals surface area contributed by atoms with Crippen molar-refractivity contribution in [1.29, 1.82) is 0 Å². The third-order valence-electron chi connectivity index (χ3n) is 4.71. The van der Waals surface area contributed by atoms with Crippen LogP contribution in [0.4, 0.5) is 0 Å². The average molecular weight is 317 g/mol. The summed E-state index contributed by atoms with van der Waals surface area (Å²) >= 11 is 0. The summed E-state index contributed by atoms with van der Waals surface area (Å²) in [7, 11) is 0. The van der Waals surface area contributed by atoms with Gasteiger partial charge in [-0.25, -0.2) is 0 Å². The number of nitrogens with two attached hydrogens (primary N) is 1. The highest BCUT2D eigenvalue weighted by Crippen LogP contribution is 2.19. The summed E-state index contributed by atoms with van der Waals surface area (Å²) in [6, 6.07) is 10.2. The first kappa shape index (κ1) is 18.0. The molecule has 2 atom stereocenters. The molecular weight excluding hydrogens is 286 g/mol. The van der Waals surface area contributed by atoms with E-state index >= 15 is 0 Å². The smallest absolute Gasteiger partial charge is 0.237 e. The molecule has 128 valence electrons. The number of carbonyl (C=O) groups excluding carboxylic acids is 1. The molecule has 4 heteroatoms. The van der Waals surface area contributed by atoms with Gasteiger partial charge in [-0.05, 0) is 36.3 Å². The number of nitrogens with one attached hydrogen (secondary N) is 1. The van der Waals surface area contributed by atoms with E-state index in [0.717, 1.165) is 39.0 Å². The molecule has 1 unspecified atom stereocenters. The molecule has 1 heterocycles. The van der Waals surface area contributed by atoms with Crippen LogP contribution >= 0.6 is 0 Å². The highest BCUT2D eigenvalue weighted by molar-refractivity contribution is 5.82. The van der Waals surface area contributed by atoms with Crippen molar-refractivity contribution in [2.75, 3.05) is 26.2 Å². The molecule has 0 aromatic heterocycles. The first-order chi connectivity index (χ1) is 10.9. The van der Waals surface area contributed by atoms with Crippen molar-refractivity contribution >= 4 is 5.91 Å². The zero-order chi connectivity index (χ0) is 16.9. The number of carbonyl (C=O) groups is 1. The van der Waals surface area contributed by atoms with Gasteiger partial charge in [0.25, 0.3) is 0 Å². The summed E-state index contributed by atoms with van der Waals surface area (Å²) in [5, 5.41) is 3.03. The summed E-state index contributed by atoms with van der Waals surface area (Å²) in [5.74, 6) is 0.516. The van der Waals surface area contributed by atoms with E-state index in [-0.39, 0.29) is 11.3 Å². The van der Waals surface area contributed by atoms with Gasteiger partial charge in [0.05, 0.1) is 6.04 Å². The van der Waals surface area contributed by atoms with Gasteiger partial charge in [0.15, 0.2) is 0 Å². The molecule has 1 saturated heterocycles. The minimum Gasteiger partial charge on any atom is -0.354 e. The van der Waals surface area contributed by atoms with E-state index in [1.165, 1.54) is 5.56 Å². The number of benzene rings is 1. The summed E-state index contributed by atoms with van der Waals surface area (Å²) < 4.78 is 0. The summed E-state index contributed by atoms with van der Waals surface area (Å²) in [5.41, 5.74) is 7.19. The number of nitrogens with zero attached hydrogens (tertiary/aromatic N) is 1. The van der Waals surface area contributed by atoms with Crippen molar-refractivity contribution < 1.29 is 4.79 Å². The van der Waals surface area contributed by atoms with E-state index in [1.807, 2.05) is 20.8 Å². The van der Waals surface area contributed by atoms with Gasteiger partial charge in [-0.3, -0.25) is 4.79 Å². The van der Waals surface area contributed by atoms with E-state index in [1.54, 1.807) is 0 Å². The van der Waals surface area contributed by atoms with Crippen LogP contribution in [0.2, 0.25) is 0 Å². The third-order valence-corrected chi connectivity index (χ3v) is 4.71. The highest BCUT2D eigenvalue weighted by atomic mass is 16.2. The van der Waals surface area contributed by atoms with Crippen molar-refractivity contribution in [3.05, 3.63) is 35.9 Å². The molecule has 0 radical (unpaired) electrons. The van der Waals surface area contributed by atoms with Gasteiger partial charge >= 0.3 is 0 Å². The molecule has 23 heavy (non-hydrogen) atoms. The third kappa shape index (κ3) is 5.63. The van der Waals surface area contributed by atoms with Crippen LogP contribution in [0.1, 0.15) is 32.8 Å². The summed E-state index contributed by atoms with van der Waals surface area (Å²) in [6.45, 7) is 10.0. The van der Waals surface area contributed by atoms with Crippen LogP contribution in [0, 0.1) is 11.3 Å². The van der Waals surface area contributed by atoms with E-state index in [0.29, 0.717) is 5.92 Å². The van der Waals surface area contributed by atoms with Crippen LogP contribution < -0.4 is 11.1 Å². The van der Waals surface area contributed by atoms with Crippen LogP contribution in [-0.2, 0) is 11.2 Å². The predicted octanol–water partition coefficient (Wildman–Crippen LogP) is 2.04. The molecule has 1 aliphatic heterocycles. The number of likely N-dealkylation sites (tertiary alicyclic amines) is 1. The molecule has 4 nitrogen and oxygen atoms in total. The van der Waals surface area contributed by atoms with Gasteiger partial charge < -0.3 is 16.0 Å². The Morgan fingerprint density at radius 3 is 2.70 bits per heavy atom. The second-order valence-corrected chi connectivity index (χ2v) is 7.78. The standard InChI is InChI=1S/C19H31N3O/c1-19(2,3)17(20)18(23)21-13-16-10-12-22(14-16)11-9-15-7-5-4-6-8-15/h4-8,16-17H,9-14,20H2,1-3H3,(H,21,23)/t16?,17-/m1/s1. The van der Waals surface area contributed by atoms with Crippen LogP contribution in [0.15, 0.2) is 30.3 Å². The van der Waals surface area contributed by atoms with Crippen LogP contribution in [0.5, 0.6) is 0 Å². The second kappa shape index (κ2) is 7.93. The van der Waals surface area contributed by atoms with Crippen LogP contribution in [0.25, 0.3) is 0 Å². The number of hydrogen-bond donors (Lipinski definition) is 2. The molecule has 2 rings (SSSR count). The van der Waals surface area contributed by atoms with E-state index in [4.69, 9.17) is 5.73 Å². The zero-order valence-corrected chi connectivity index (χ0v) is 14.7. The lowest BCUT2D eigenvalue weighted by molar-refractivity contribution is -0.124. The molecule has 0 bridgehead atoms. The lowest BCUT2D eigenvalue weighted by Gasteiger charge is -2.26. The Kier molecular flexibility index (Phi) is 6.19. The quantitative estimate of drug-likeness (QED) is 0.844. The van der Waals surface area contributed by atoms with E-state index in [9.17, 15) is 4.79 Å². The first-order valence-electron chi connectivity index (χ1n) is 8.66. The zero-order valence-electron chi connectivity index (χ0n) is 14.7. The molecule has 1 amide bonds. The van der Waals surface area contributed by atoms with E-state index < -0.39 is 6.04 Å². The Labute approximate surface area is 140 Å². The van der Waals surface area contributed by atoms with Crippen LogP contribution in [-0.4, -0.2) is 43.0 Å². The SMILES string of the molecule is CC(C)(C)[C@H](N)C(=O)NCC1CCN(CCc2ccccc2)C1. The minimum absolute atomic E-state index is 0.0276. The fourth-order valence-corrected chi connectivity index (χ4v) is 2.96. The molecule has 0 spiro atoms. The summed E-state index contributed by atoms with van der Waals surface area (Å²) in [4.78, 5) is 14.6. The average Bonchev–Trinajstić information content (AvgIpc) is 2.98. The maximum atomic E-state index is 12.1. The predicted molar refractivity (Wildman–Crippen MR) is 95.1 cm³/mol. The fraction of sp³-hybridized carbons (Fsp3) is 0.632. The van der Waals surface area contributed by atoms with Gasteiger partial charge in [0.1, 0.15) is 0 Å². The molecule has 1 fully saturated rings. The monoisotopic (exact) mass is 317 g/mol. The van der Waals surface area contributed by atoms with Gasteiger partial charge in [-0.1, -0.05) is 51.1 Å². The lowest BCUT2D eigenvalue weighted by atomic mass is 9.87. The maximum absolute atomic E-state index is 12.1. The van der Waals surface area contributed by atoms with Crippen molar-refractivity contribution in [1.82, 2.24) is 10.2 Å². The number of hydrogen-bond acceptors (Lipinski definition) is 3. The molecule has 1 aromatic carbocycles.